The second-order valence-electron chi connectivity index (χ2n) is 7.96. The number of pyridine rings is 1. The van der Waals surface area contributed by atoms with Crippen LogP contribution in [-0.4, -0.2) is 63.9 Å². The van der Waals surface area contributed by atoms with Gasteiger partial charge in [-0.25, -0.2) is 0 Å². The predicted molar refractivity (Wildman–Crippen MR) is 125 cm³/mol. The van der Waals surface area contributed by atoms with Crippen molar-refractivity contribution in [3.63, 3.8) is 0 Å². The summed E-state index contributed by atoms with van der Waals surface area (Å²) in [5.41, 5.74) is 3.39. The minimum absolute atomic E-state index is 0.0185. The summed E-state index contributed by atoms with van der Waals surface area (Å²) in [7, 11) is 0. The van der Waals surface area contributed by atoms with Crippen LogP contribution in [0.25, 0.3) is 5.69 Å². The molecule has 31 heavy (non-hydrogen) atoms. The largest absolute Gasteiger partial charge is 0.379 e. The number of para-hydroxylation sites is 1. The molecule has 0 radical (unpaired) electrons. The lowest BCUT2D eigenvalue weighted by Crippen LogP contribution is -2.42. The molecule has 2 aliphatic rings. The molecule has 160 valence electrons. The number of aromatic nitrogens is 2. The van der Waals surface area contributed by atoms with Crippen LogP contribution in [-0.2, 0) is 4.74 Å². The second-order valence-corrected chi connectivity index (χ2v) is 8.35. The smallest absolute Gasteiger partial charge is 0.170 e. The lowest BCUT2D eigenvalue weighted by Gasteiger charge is -2.31. The second kappa shape index (κ2) is 9.18. The van der Waals surface area contributed by atoms with Crippen LogP contribution in [0.4, 0.5) is 0 Å². The number of nitrogens with one attached hydrogen (secondary N) is 1. The van der Waals surface area contributed by atoms with Crippen LogP contribution in [0, 0.1) is 0 Å². The summed E-state index contributed by atoms with van der Waals surface area (Å²) in [6, 6.07) is 18.8. The number of benzene rings is 1. The zero-order valence-electron chi connectivity index (χ0n) is 17.4. The summed E-state index contributed by atoms with van der Waals surface area (Å²) in [5.74, 6) is 0. The summed E-state index contributed by atoms with van der Waals surface area (Å²) in [4.78, 5) is 9.42. The van der Waals surface area contributed by atoms with E-state index in [0.717, 1.165) is 55.9 Å². The van der Waals surface area contributed by atoms with E-state index in [9.17, 15) is 0 Å². The van der Waals surface area contributed by atoms with Crippen molar-refractivity contribution in [2.45, 2.75) is 12.1 Å². The van der Waals surface area contributed by atoms with Crippen molar-refractivity contribution in [2.75, 3.05) is 39.4 Å². The van der Waals surface area contributed by atoms with Gasteiger partial charge >= 0.3 is 0 Å². The van der Waals surface area contributed by atoms with E-state index in [4.69, 9.17) is 17.0 Å². The first-order valence-electron chi connectivity index (χ1n) is 10.8. The molecule has 5 rings (SSSR count). The summed E-state index contributed by atoms with van der Waals surface area (Å²) in [5, 5.41) is 4.34. The lowest BCUT2D eigenvalue weighted by atomic mass is 9.99. The first-order valence-corrected chi connectivity index (χ1v) is 11.2. The summed E-state index contributed by atoms with van der Waals surface area (Å²) in [6.07, 6.45) is 6.19. The molecule has 2 aromatic heterocycles. The summed E-state index contributed by atoms with van der Waals surface area (Å²) in [6.45, 7) is 5.41. The third-order valence-electron chi connectivity index (χ3n) is 6.07. The number of rotatable bonds is 6. The van der Waals surface area contributed by atoms with Crippen LogP contribution in [0.15, 0.2) is 73.2 Å². The highest BCUT2D eigenvalue weighted by Crippen LogP contribution is 2.38. The van der Waals surface area contributed by atoms with Crippen LogP contribution in [0.5, 0.6) is 0 Å². The molecular formula is C24H27N5OS. The molecule has 0 unspecified atom stereocenters. The normalized spacial score (nSPS) is 21.9. The van der Waals surface area contributed by atoms with Crippen molar-refractivity contribution < 1.29 is 4.74 Å². The van der Waals surface area contributed by atoms with Gasteiger partial charge in [-0.1, -0.05) is 24.3 Å². The van der Waals surface area contributed by atoms with Crippen LogP contribution in [0.1, 0.15) is 23.3 Å². The van der Waals surface area contributed by atoms with Gasteiger partial charge in [0.05, 0.1) is 31.0 Å². The fourth-order valence-corrected chi connectivity index (χ4v) is 4.76. The molecule has 4 heterocycles. The van der Waals surface area contributed by atoms with Crippen LogP contribution in [0.3, 0.4) is 0 Å². The Morgan fingerprint density at radius 3 is 2.58 bits per heavy atom. The topological polar surface area (TPSA) is 45.6 Å². The van der Waals surface area contributed by atoms with Gasteiger partial charge in [0.15, 0.2) is 5.11 Å². The van der Waals surface area contributed by atoms with Crippen LogP contribution < -0.4 is 5.32 Å². The maximum atomic E-state index is 5.80. The molecule has 2 fully saturated rings. The van der Waals surface area contributed by atoms with E-state index in [-0.39, 0.29) is 12.1 Å². The number of morpholine rings is 1. The molecule has 2 aliphatic heterocycles. The quantitative estimate of drug-likeness (QED) is 0.603. The Hall–Kier alpha value is -2.74. The number of thiocarbonyl (C=S) groups is 1. The monoisotopic (exact) mass is 433 g/mol. The highest BCUT2D eigenvalue weighted by molar-refractivity contribution is 7.80. The van der Waals surface area contributed by atoms with E-state index in [1.54, 1.807) is 0 Å². The maximum Gasteiger partial charge on any atom is 0.170 e. The molecule has 2 atom stereocenters. The standard InChI is InChI=1S/C24H27N5OS/c31-24-26-22(21-8-4-5-10-25-21)23(29(24)13-12-27-14-16-30-17-15-27)19-9-11-28(18-19)20-6-2-1-3-7-20/h1-11,18,22-23H,12-17H2,(H,26,31)/t22-,23+/m1/s1. The zero-order chi connectivity index (χ0) is 21.0. The van der Waals surface area contributed by atoms with Gasteiger partial charge < -0.3 is 19.5 Å². The molecule has 7 heteroatoms. The van der Waals surface area contributed by atoms with Crippen LogP contribution in [0.2, 0.25) is 0 Å². The highest BCUT2D eigenvalue weighted by Gasteiger charge is 2.40. The summed E-state index contributed by atoms with van der Waals surface area (Å²) < 4.78 is 7.67. The maximum absolute atomic E-state index is 5.80. The zero-order valence-corrected chi connectivity index (χ0v) is 18.2. The molecule has 2 saturated heterocycles. The molecule has 6 nitrogen and oxygen atoms in total. The third-order valence-corrected chi connectivity index (χ3v) is 6.42. The Bertz CT molecular complexity index is 1000. The molecule has 0 aliphatic carbocycles. The van der Waals surface area contributed by atoms with Crippen molar-refractivity contribution >= 4 is 17.3 Å². The van der Waals surface area contributed by atoms with E-state index < -0.39 is 0 Å². The average Bonchev–Trinajstić information content (AvgIpc) is 3.44. The highest BCUT2D eigenvalue weighted by atomic mass is 32.1. The predicted octanol–water partition coefficient (Wildman–Crippen LogP) is 3.18. The van der Waals surface area contributed by atoms with Crippen molar-refractivity contribution in [2.24, 2.45) is 0 Å². The van der Waals surface area contributed by atoms with E-state index >= 15 is 0 Å². The molecule has 3 aromatic rings. The van der Waals surface area contributed by atoms with Gasteiger partial charge in [-0.05, 0) is 48.1 Å². The van der Waals surface area contributed by atoms with Gasteiger partial charge in [0.2, 0.25) is 0 Å². The fourth-order valence-electron chi connectivity index (χ4n) is 4.43. The first kappa shape index (κ1) is 20.2. The Kier molecular flexibility index (Phi) is 5.97. The molecule has 1 N–H and O–H groups in total. The van der Waals surface area contributed by atoms with Gasteiger partial charge in [-0.3, -0.25) is 9.88 Å². The molecular weight excluding hydrogens is 406 g/mol. The minimum atomic E-state index is 0.0185. The van der Waals surface area contributed by atoms with Crippen molar-refractivity contribution in [1.82, 2.24) is 24.7 Å². The Morgan fingerprint density at radius 1 is 1.00 bits per heavy atom. The van der Waals surface area contributed by atoms with Crippen molar-refractivity contribution in [3.8, 4) is 5.69 Å². The number of nitrogens with zero attached hydrogens (tertiary/aromatic N) is 4. The SMILES string of the molecule is S=C1N[C@H](c2ccccn2)[C@H](c2ccn(-c3ccccc3)c2)N1CCN1CCOCC1. The lowest BCUT2D eigenvalue weighted by molar-refractivity contribution is 0.0350. The molecule has 0 spiro atoms. The van der Waals surface area contributed by atoms with Gasteiger partial charge in [0, 0.05) is 50.5 Å². The van der Waals surface area contributed by atoms with Gasteiger partial charge in [-0.2, -0.15) is 0 Å². The number of ether oxygens (including phenoxy) is 1. The average molecular weight is 434 g/mol. The van der Waals surface area contributed by atoms with E-state index in [0.29, 0.717) is 0 Å². The fraction of sp³-hybridized carbons (Fsp3) is 0.333. The Balaban J connectivity index is 1.44. The molecule has 0 saturated carbocycles. The van der Waals surface area contributed by atoms with E-state index in [2.05, 4.69) is 73.5 Å². The Morgan fingerprint density at radius 2 is 1.81 bits per heavy atom. The van der Waals surface area contributed by atoms with Gasteiger partial charge in [0.25, 0.3) is 0 Å². The van der Waals surface area contributed by atoms with E-state index in [1.165, 1.54) is 5.56 Å². The van der Waals surface area contributed by atoms with Crippen molar-refractivity contribution in [3.05, 3.63) is 84.4 Å². The van der Waals surface area contributed by atoms with E-state index in [1.807, 2.05) is 24.4 Å². The van der Waals surface area contributed by atoms with Crippen molar-refractivity contribution in [1.29, 1.82) is 0 Å². The number of hydrogen-bond acceptors (Lipinski definition) is 4. The molecule has 0 bridgehead atoms. The first-order chi connectivity index (χ1) is 15.3. The minimum Gasteiger partial charge on any atom is -0.379 e. The van der Waals surface area contributed by atoms with Gasteiger partial charge in [-0.15, -0.1) is 0 Å². The van der Waals surface area contributed by atoms with Gasteiger partial charge in [0.1, 0.15) is 0 Å². The molecule has 1 aromatic carbocycles. The Labute approximate surface area is 188 Å². The summed E-state index contributed by atoms with van der Waals surface area (Å²) >= 11 is 5.80. The molecule has 0 amide bonds. The number of hydrogen-bond donors (Lipinski definition) is 1. The third kappa shape index (κ3) is 4.35. The van der Waals surface area contributed by atoms with Crippen LogP contribution >= 0.6 is 12.2 Å².